The Labute approximate surface area is 123 Å². The van der Waals surface area contributed by atoms with Crippen molar-refractivity contribution in [2.45, 2.75) is 18.9 Å². The monoisotopic (exact) mass is 298 g/mol. The molecule has 0 aromatic heterocycles. The van der Waals surface area contributed by atoms with Crippen LogP contribution in [0.3, 0.4) is 0 Å². The molecule has 0 spiro atoms. The lowest BCUT2D eigenvalue weighted by atomic mass is 10.1. The molecule has 2 amide bonds. The molecular formula is C14H19ClN2O3. The summed E-state index contributed by atoms with van der Waals surface area (Å²) in [5.74, 6) is 0. The molecule has 0 radical (unpaired) electrons. The second kappa shape index (κ2) is 7.47. The summed E-state index contributed by atoms with van der Waals surface area (Å²) in [5, 5.41) is 12.1. The van der Waals surface area contributed by atoms with E-state index >= 15 is 0 Å². The van der Waals surface area contributed by atoms with Crippen LogP contribution in [0.25, 0.3) is 0 Å². The van der Waals surface area contributed by atoms with E-state index in [0.29, 0.717) is 30.4 Å². The Hall–Kier alpha value is -1.30. The number of rotatable bonds is 4. The second-order valence-corrected chi connectivity index (χ2v) is 5.16. The van der Waals surface area contributed by atoms with Gasteiger partial charge in [-0.3, -0.25) is 0 Å². The van der Waals surface area contributed by atoms with Crippen molar-refractivity contribution in [1.29, 1.82) is 0 Å². The van der Waals surface area contributed by atoms with Gasteiger partial charge in [0, 0.05) is 23.8 Å². The highest BCUT2D eigenvalue weighted by Crippen LogP contribution is 2.18. The van der Waals surface area contributed by atoms with E-state index in [4.69, 9.17) is 21.4 Å². The van der Waals surface area contributed by atoms with Crippen molar-refractivity contribution >= 4 is 23.3 Å². The van der Waals surface area contributed by atoms with Gasteiger partial charge in [-0.2, -0.15) is 0 Å². The average Bonchev–Trinajstić information content (AvgIpc) is 2.45. The topological polar surface area (TPSA) is 61.8 Å². The van der Waals surface area contributed by atoms with Gasteiger partial charge >= 0.3 is 6.03 Å². The van der Waals surface area contributed by atoms with Crippen molar-refractivity contribution in [3.63, 3.8) is 0 Å². The molecule has 1 aliphatic heterocycles. The average molecular weight is 299 g/mol. The summed E-state index contributed by atoms with van der Waals surface area (Å²) >= 11 is 5.88. The van der Waals surface area contributed by atoms with Gasteiger partial charge in [-0.25, -0.2) is 4.79 Å². The summed E-state index contributed by atoms with van der Waals surface area (Å²) in [6.45, 7) is 1.71. The van der Waals surface area contributed by atoms with Crippen molar-refractivity contribution in [2.24, 2.45) is 0 Å². The zero-order chi connectivity index (χ0) is 14.4. The van der Waals surface area contributed by atoms with Gasteiger partial charge in [-0.05, 0) is 31.0 Å². The van der Waals surface area contributed by atoms with Gasteiger partial charge in [-0.1, -0.05) is 17.7 Å². The third-order valence-corrected chi connectivity index (χ3v) is 3.49. The number of benzene rings is 1. The maximum absolute atomic E-state index is 12.1. The number of amides is 2. The van der Waals surface area contributed by atoms with Crippen LogP contribution in [0, 0.1) is 0 Å². The molecule has 2 rings (SSSR count). The van der Waals surface area contributed by atoms with Crippen LogP contribution in [-0.2, 0) is 4.74 Å². The summed E-state index contributed by atoms with van der Waals surface area (Å²) in [4.78, 5) is 13.9. The molecule has 0 saturated carbocycles. The highest BCUT2D eigenvalue weighted by atomic mass is 35.5. The Kier molecular flexibility index (Phi) is 5.64. The highest BCUT2D eigenvalue weighted by molar-refractivity contribution is 6.30. The fraction of sp³-hybridized carbons (Fsp3) is 0.500. The maximum Gasteiger partial charge on any atom is 0.321 e. The molecule has 0 atom stereocenters. The fourth-order valence-corrected chi connectivity index (χ4v) is 2.40. The molecule has 0 unspecified atom stereocenters. The molecule has 1 saturated heterocycles. The number of carbonyl (C=O) groups excluding carboxylic acids is 1. The number of nitrogens with zero attached hydrogens (tertiary/aromatic N) is 1. The molecule has 0 aliphatic carbocycles. The third-order valence-electron chi connectivity index (χ3n) is 3.25. The van der Waals surface area contributed by atoms with Crippen LogP contribution in [0.5, 0.6) is 0 Å². The molecule has 1 aromatic carbocycles. The number of nitrogens with one attached hydrogen (secondary N) is 1. The van der Waals surface area contributed by atoms with Gasteiger partial charge in [0.05, 0.1) is 19.3 Å². The largest absolute Gasteiger partial charge is 0.394 e. The molecule has 1 aromatic rings. The Bertz CT molecular complexity index is 448. The van der Waals surface area contributed by atoms with Gasteiger partial charge in [-0.15, -0.1) is 0 Å². The van der Waals surface area contributed by atoms with E-state index < -0.39 is 0 Å². The van der Waals surface area contributed by atoms with Crippen molar-refractivity contribution in [1.82, 2.24) is 4.90 Å². The van der Waals surface area contributed by atoms with Crippen LogP contribution < -0.4 is 5.32 Å². The first-order valence-corrected chi connectivity index (χ1v) is 7.11. The van der Waals surface area contributed by atoms with Gasteiger partial charge in [0.2, 0.25) is 0 Å². The summed E-state index contributed by atoms with van der Waals surface area (Å²) in [6, 6.07) is 6.97. The molecule has 1 heterocycles. The summed E-state index contributed by atoms with van der Waals surface area (Å²) in [5.41, 5.74) is 0.696. The number of anilines is 1. The van der Waals surface area contributed by atoms with Crippen molar-refractivity contribution in [3.05, 3.63) is 29.3 Å². The minimum absolute atomic E-state index is 0.0372. The van der Waals surface area contributed by atoms with Crippen LogP contribution in [0.15, 0.2) is 24.3 Å². The highest BCUT2D eigenvalue weighted by Gasteiger charge is 2.23. The molecule has 2 N–H and O–H groups in total. The Morgan fingerprint density at radius 1 is 1.45 bits per heavy atom. The van der Waals surface area contributed by atoms with Crippen molar-refractivity contribution in [3.8, 4) is 0 Å². The van der Waals surface area contributed by atoms with Crippen LogP contribution in [-0.4, -0.2) is 48.4 Å². The SMILES string of the molecule is O=C(Nc1cccc(Cl)c1)N1CCC(OCCO)CC1. The Morgan fingerprint density at radius 3 is 2.85 bits per heavy atom. The number of halogens is 1. The van der Waals surface area contributed by atoms with Crippen LogP contribution in [0.2, 0.25) is 5.02 Å². The lowest BCUT2D eigenvalue weighted by Gasteiger charge is -2.31. The number of hydrogen-bond donors (Lipinski definition) is 2. The van der Waals surface area contributed by atoms with Gasteiger partial charge < -0.3 is 20.1 Å². The van der Waals surface area contributed by atoms with Crippen molar-refractivity contribution in [2.75, 3.05) is 31.6 Å². The lowest BCUT2D eigenvalue weighted by Crippen LogP contribution is -2.43. The quantitative estimate of drug-likeness (QED) is 0.897. The van der Waals surface area contributed by atoms with Gasteiger partial charge in [0.1, 0.15) is 0 Å². The molecule has 1 fully saturated rings. The molecular weight excluding hydrogens is 280 g/mol. The zero-order valence-electron chi connectivity index (χ0n) is 11.2. The van der Waals surface area contributed by atoms with E-state index in [-0.39, 0.29) is 18.7 Å². The van der Waals surface area contributed by atoms with E-state index in [1.165, 1.54) is 0 Å². The second-order valence-electron chi connectivity index (χ2n) is 4.72. The maximum atomic E-state index is 12.1. The van der Waals surface area contributed by atoms with Gasteiger partial charge in [0.25, 0.3) is 0 Å². The van der Waals surface area contributed by atoms with Crippen molar-refractivity contribution < 1.29 is 14.6 Å². The van der Waals surface area contributed by atoms with E-state index in [2.05, 4.69) is 5.32 Å². The van der Waals surface area contributed by atoms with E-state index in [1.54, 1.807) is 29.2 Å². The zero-order valence-corrected chi connectivity index (χ0v) is 12.0. The number of carbonyl (C=O) groups is 1. The number of hydrogen-bond acceptors (Lipinski definition) is 3. The lowest BCUT2D eigenvalue weighted by molar-refractivity contribution is -0.000875. The van der Waals surface area contributed by atoms with Gasteiger partial charge in [0.15, 0.2) is 0 Å². The normalized spacial score (nSPS) is 16.2. The summed E-state index contributed by atoms with van der Waals surface area (Å²) in [7, 11) is 0. The van der Waals surface area contributed by atoms with E-state index in [9.17, 15) is 4.79 Å². The number of piperidine rings is 1. The molecule has 0 bridgehead atoms. The number of aliphatic hydroxyl groups excluding tert-OH is 1. The minimum atomic E-state index is -0.118. The fourth-order valence-electron chi connectivity index (χ4n) is 2.21. The molecule has 110 valence electrons. The predicted molar refractivity (Wildman–Crippen MR) is 78.1 cm³/mol. The molecule has 5 nitrogen and oxygen atoms in total. The smallest absolute Gasteiger partial charge is 0.321 e. The van der Waals surface area contributed by atoms with Crippen LogP contribution in [0.1, 0.15) is 12.8 Å². The summed E-state index contributed by atoms with van der Waals surface area (Å²) < 4.78 is 5.47. The minimum Gasteiger partial charge on any atom is -0.394 e. The van der Waals surface area contributed by atoms with E-state index in [0.717, 1.165) is 12.8 Å². The van der Waals surface area contributed by atoms with E-state index in [1.807, 2.05) is 0 Å². The molecule has 6 heteroatoms. The first kappa shape index (κ1) is 15.1. The number of likely N-dealkylation sites (tertiary alicyclic amines) is 1. The predicted octanol–water partition coefficient (Wildman–Crippen LogP) is 2.35. The molecule has 20 heavy (non-hydrogen) atoms. The van der Waals surface area contributed by atoms with Crippen LogP contribution >= 0.6 is 11.6 Å². The third kappa shape index (κ3) is 4.37. The number of urea groups is 1. The number of aliphatic hydroxyl groups is 1. The van der Waals surface area contributed by atoms with Crippen LogP contribution in [0.4, 0.5) is 10.5 Å². The molecule has 1 aliphatic rings. The first-order chi connectivity index (χ1) is 9.69. The standard InChI is InChI=1S/C14H19ClN2O3/c15-11-2-1-3-12(10-11)16-14(19)17-6-4-13(5-7-17)20-9-8-18/h1-3,10,13,18H,4-9H2,(H,16,19). The Balaban J connectivity index is 1.80. The number of ether oxygens (including phenoxy) is 1. The summed E-state index contributed by atoms with van der Waals surface area (Å²) in [6.07, 6.45) is 1.73. The Morgan fingerprint density at radius 2 is 2.20 bits per heavy atom. The first-order valence-electron chi connectivity index (χ1n) is 6.73.